The second-order valence-corrected chi connectivity index (χ2v) is 9.27. The number of fused-ring (bicyclic) bond motifs is 1. The van der Waals surface area contributed by atoms with Gasteiger partial charge in [0.2, 0.25) is 5.91 Å². The summed E-state index contributed by atoms with van der Waals surface area (Å²) in [5.74, 6) is 0.642. The lowest BCUT2D eigenvalue weighted by atomic mass is 10.1. The number of nitrogens with zero attached hydrogens (tertiary/aromatic N) is 3. The average molecular weight is 451 g/mol. The molecule has 1 fully saturated rings. The van der Waals surface area contributed by atoms with Crippen molar-refractivity contribution < 1.29 is 9.18 Å². The number of amides is 1. The Morgan fingerprint density at radius 1 is 1.12 bits per heavy atom. The first kappa shape index (κ1) is 23.4. The fourth-order valence-electron chi connectivity index (χ4n) is 4.77. The molecule has 0 spiro atoms. The van der Waals surface area contributed by atoms with E-state index < -0.39 is 0 Å². The molecule has 0 bridgehead atoms. The van der Waals surface area contributed by atoms with E-state index in [0.717, 1.165) is 54.9 Å². The molecule has 4 rings (SSSR count). The maximum Gasteiger partial charge on any atom is 0.243 e. The van der Waals surface area contributed by atoms with E-state index in [4.69, 9.17) is 4.98 Å². The Morgan fingerprint density at radius 3 is 2.52 bits per heavy atom. The standard InChI is InChI=1S/C27H35FN4O/c1-4-7-24(27(33)29-12-15-31-13-5-6-14-31)32-25-17-20(3)19(2)16-23(25)30-26(32)18-21-8-10-22(28)11-9-21/h8-11,16-17,24H,4-7,12-15,18H2,1-3H3,(H,29,33)/t24-/m0/s1. The van der Waals surface area contributed by atoms with Crippen molar-refractivity contribution in [3.05, 3.63) is 64.7 Å². The number of imidazole rings is 1. The summed E-state index contributed by atoms with van der Waals surface area (Å²) in [6.07, 6.45) is 4.68. The molecule has 0 aliphatic carbocycles. The van der Waals surface area contributed by atoms with Gasteiger partial charge in [0.05, 0.1) is 11.0 Å². The van der Waals surface area contributed by atoms with Crippen molar-refractivity contribution in [2.24, 2.45) is 0 Å². The highest BCUT2D eigenvalue weighted by atomic mass is 19.1. The van der Waals surface area contributed by atoms with E-state index in [2.05, 4.69) is 47.7 Å². The number of aryl methyl sites for hydroxylation is 2. The minimum atomic E-state index is -0.323. The van der Waals surface area contributed by atoms with Crippen molar-refractivity contribution in [3.8, 4) is 0 Å². The molecule has 3 aromatic rings. The van der Waals surface area contributed by atoms with E-state index >= 15 is 0 Å². The molecule has 2 heterocycles. The van der Waals surface area contributed by atoms with E-state index in [1.54, 1.807) is 12.1 Å². The monoisotopic (exact) mass is 450 g/mol. The van der Waals surface area contributed by atoms with Gasteiger partial charge in [0, 0.05) is 19.5 Å². The molecule has 2 aromatic carbocycles. The number of aromatic nitrogens is 2. The van der Waals surface area contributed by atoms with Crippen molar-refractivity contribution in [3.63, 3.8) is 0 Å². The predicted octanol–water partition coefficient (Wildman–Crippen LogP) is 4.94. The molecule has 5 nitrogen and oxygen atoms in total. The van der Waals surface area contributed by atoms with Gasteiger partial charge in [0.25, 0.3) is 0 Å². The third-order valence-electron chi connectivity index (χ3n) is 6.76. The molecule has 1 saturated heterocycles. The summed E-state index contributed by atoms with van der Waals surface area (Å²) in [4.78, 5) is 20.8. The fraction of sp³-hybridized carbons (Fsp3) is 0.481. The van der Waals surface area contributed by atoms with Crippen LogP contribution in [0.3, 0.4) is 0 Å². The minimum Gasteiger partial charge on any atom is -0.353 e. The molecule has 0 saturated carbocycles. The first-order chi connectivity index (χ1) is 16.0. The van der Waals surface area contributed by atoms with E-state index in [9.17, 15) is 9.18 Å². The van der Waals surface area contributed by atoms with Gasteiger partial charge >= 0.3 is 0 Å². The third-order valence-corrected chi connectivity index (χ3v) is 6.76. The normalized spacial score (nSPS) is 15.3. The number of halogens is 1. The number of carbonyl (C=O) groups excluding carboxylic acids is 1. The van der Waals surface area contributed by atoms with Gasteiger partial charge < -0.3 is 14.8 Å². The molecule has 33 heavy (non-hydrogen) atoms. The summed E-state index contributed by atoms with van der Waals surface area (Å²) in [7, 11) is 0. The Labute approximate surface area is 196 Å². The number of nitrogens with one attached hydrogen (secondary N) is 1. The van der Waals surface area contributed by atoms with Crippen molar-refractivity contribution >= 4 is 16.9 Å². The van der Waals surface area contributed by atoms with Gasteiger partial charge in [0.15, 0.2) is 0 Å². The van der Waals surface area contributed by atoms with Gasteiger partial charge in [-0.2, -0.15) is 0 Å². The number of benzene rings is 2. The fourth-order valence-corrected chi connectivity index (χ4v) is 4.77. The third kappa shape index (κ3) is 5.44. The summed E-state index contributed by atoms with van der Waals surface area (Å²) in [5.41, 5.74) is 5.24. The molecule has 176 valence electrons. The van der Waals surface area contributed by atoms with Gasteiger partial charge in [-0.25, -0.2) is 9.37 Å². The van der Waals surface area contributed by atoms with Crippen LogP contribution in [0.1, 0.15) is 61.2 Å². The molecule has 1 N–H and O–H groups in total. The zero-order valence-corrected chi connectivity index (χ0v) is 20.0. The first-order valence-corrected chi connectivity index (χ1v) is 12.2. The van der Waals surface area contributed by atoms with Crippen LogP contribution < -0.4 is 5.32 Å². The molecular formula is C27H35FN4O. The zero-order chi connectivity index (χ0) is 23.4. The van der Waals surface area contributed by atoms with Crippen molar-refractivity contribution in [2.75, 3.05) is 26.2 Å². The van der Waals surface area contributed by atoms with E-state index in [1.165, 1.54) is 36.1 Å². The van der Waals surface area contributed by atoms with Gasteiger partial charge in [-0.05, 0) is 87.2 Å². The summed E-state index contributed by atoms with van der Waals surface area (Å²) >= 11 is 0. The summed E-state index contributed by atoms with van der Waals surface area (Å²) in [6, 6.07) is 10.5. The summed E-state index contributed by atoms with van der Waals surface area (Å²) < 4.78 is 15.6. The second kappa shape index (κ2) is 10.5. The van der Waals surface area contributed by atoms with Crippen LogP contribution in [0, 0.1) is 19.7 Å². The highest BCUT2D eigenvalue weighted by Crippen LogP contribution is 2.28. The topological polar surface area (TPSA) is 50.2 Å². The van der Waals surface area contributed by atoms with Crippen molar-refractivity contribution in [1.29, 1.82) is 0 Å². The molecule has 1 aromatic heterocycles. The van der Waals surface area contributed by atoms with Crippen LogP contribution in [-0.4, -0.2) is 46.5 Å². The number of rotatable bonds is 9. The highest BCUT2D eigenvalue weighted by Gasteiger charge is 2.25. The Balaban J connectivity index is 1.66. The quantitative estimate of drug-likeness (QED) is 0.503. The molecule has 0 unspecified atom stereocenters. The lowest BCUT2D eigenvalue weighted by Crippen LogP contribution is -2.38. The number of likely N-dealkylation sites (tertiary alicyclic amines) is 1. The van der Waals surface area contributed by atoms with Crippen LogP contribution in [-0.2, 0) is 11.2 Å². The van der Waals surface area contributed by atoms with Gasteiger partial charge in [-0.1, -0.05) is 25.5 Å². The maximum atomic E-state index is 13.4. The summed E-state index contributed by atoms with van der Waals surface area (Å²) in [6.45, 7) is 10.1. The molecule has 1 aliphatic rings. The van der Waals surface area contributed by atoms with Crippen LogP contribution in [0.25, 0.3) is 11.0 Å². The van der Waals surface area contributed by atoms with Crippen molar-refractivity contribution in [2.45, 2.75) is 58.9 Å². The van der Waals surface area contributed by atoms with E-state index in [0.29, 0.717) is 13.0 Å². The van der Waals surface area contributed by atoms with Crippen LogP contribution >= 0.6 is 0 Å². The molecule has 1 amide bonds. The van der Waals surface area contributed by atoms with Gasteiger partial charge in [0.1, 0.15) is 17.7 Å². The maximum absolute atomic E-state index is 13.4. The number of carbonyl (C=O) groups is 1. The molecule has 0 radical (unpaired) electrons. The number of hydrogen-bond acceptors (Lipinski definition) is 3. The van der Waals surface area contributed by atoms with E-state index in [1.807, 2.05) is 0 Å². The summed E-state index contributed by atoms with van der Waals surface area (Å²) in [5, 5.41) is 3.19. The second-order valence-electron chi connectivity index (χ2n) is 9.27. The number of hydrogen-bond donors (Lipinski definition) is 1. The largest absolute Gasteiger partial charge is 0.353 e. The van der Waals surface area contributed by atoms with Crippen molar-refractivity contribution in [1.82, 2.24) is 19.8 Å². The smallest absolute Gasteiger partial charge is 0.243 e. The van der Waals surface area contributed by atoms with Crippen LogP contribution in [0.2, 0.25) is 0 Å². The molecule has 1 aliphatic heterocycles. The lowest BCUT2D eigenvalue weighted by molar-refractivity contribution is -0.124. The lowest BCUT2D eigenvalue weighted by Gasteiger charge is -2.22. The van der Waals surface area contributed by atoms with Crippen LogP contribution in [0.5, 0.6) is 0 Å². The Bertz CT molecular complexity index is 1100. The Hall–Kier alpha value is -2.73. The minimum absolute atomic E-state index is 0.0499. The Kier molecular flexibility index (Phi) is 7.43. The first-order valence-electron chi connectivity index (χ1n) is 12.2. The molecular weight excluding hydrogens is 415 g/mol. The SMILES string of the molecule is CCC[C@@H](C(=O)NCCN1CCCC1)n1c(Cc2ccc(F)cc2)nc2cc(C)c(C)cc21. The van der Waals surface area contributed by atoms with Gasteiger partial charge in [-0.3, -0.25) is 4.79 Å². The molecule has 1 atom stereocenters. The Morgan fingerprint density at radius 2 is 1.82 bits per heavy atom. The zero-order valence-electron chi connectivity index (χ0n) is 20.0. The highest BCUT2D eigenvalue weighted by molar-refractivity contribution is 5.85. The molecule has 6 heteroatoms. The van der Waals surface area contributed by atoms with Crippen LogP contribution in [0.4, 0.5) is 4.39 Å². The van der Waals surface area contributed by atoms with E-state index in [-0.39, 0.29) is 17.8 Å². The van der Waals surface area contributed by atoms with Gasteiger partial charge in [-0.15, -0.1) is 0 Å². The predicted molar refractivity (Wildman–Crippen MR) is 131 cm³/mol. The average Bonchev–Trinajstić information content (AvgIpc) is 3.42. The van der Waals surface area contributed by atoms with Crippen LogP contribution in [0.15, 0.2) is 36.4 Å².